The van der Waals surface area contributed by atoms with E-state index < -0.39 is 0 Å². The summed E-state index contributed by atoms with van der Waals surface area (Å²) in [6.07, 6.45) is 0. The summed E-state index contributed by atoms with van der Waals surface area (Å²) in [4.78, 5) is 4.51. The molecule has 2 rings (SSSR count). The third kappa shape index (κ3) is 2.81. The van der Waals surface area contributed by atoms with Crippen molar-refractivity contribution in [1.82, 2.24) is 20.4 Å². The quantitative estimate of drug-likeness (QED) is 0.859. The van der Waals surface area contributed by atoms with Gasteiger partial charge in [0, 0.05) is 25.7 Å². The van der Waals surface area contributed by atoms with Crippen molar-refractivity contribution in [3.63, 3.8) is 0 Å². The van der Waals surface area contributed by atoms with E-state index in [2.05, 4.69) is 46.2 Å². The molecule has 0 saturated carbocycles. The second kappa shape index (κ2) is 5.67. The van der Waals surface area contributed by atoms with Gasteiger partial charge in [-0.05, 0) is 27.4 Å². The van der Waals surface area contributed by atoms with Gasteiger partial charge in [-0.25, -0.2) is 0 Å². The van der Waals surface area contributed by atoms with Gasteiger partial charge < -0.3 is 19.5 Å². The first kappa shape index (κ1) is 13.3. The summed E-state index contributed by atoms with van der Waals surface area (Å²) in [6.45, 7) is 10.2. The van der Waals surface area contributed by atoms with Crippen molar-refractivity contribution in [1.29, 1.82) is 0 Å². The van der Waals surface area contributed by atoms with Gasteiger partial charge in [0.05, 0.1) is 6.04 Å². The minimum Gasteiger partial charge on any atom is -0.406 e. The van der Waals surface area contributed by atoms with E-state index in [4.69, 9.17) is 4.42 Å². The molecule has 0 amide bonds. The SMILES string of the molecule is CCNC(C)c1nnc(N2CCN(C)CC2C)o1. The summed E-state index contributed by atoms with van der Waals surface area (Å²) in [6, 6.07) is 1.17. The highest BCUT2D eigenvalue weighted by Gasteiger charge is 2.26. The van der Waals surface area contributed by atoms with Crippen LogP contribution in [0, 0.1) is 0 Å². The minimum absolute atomic E-state index is 0.110. The maximum Gasteiger partial charge on any atom is 0.318 e. The Morgan fingerprint density at radius 1 is 1.44 bits per heavy atom. The largest absolute Gasteiger partial charge is 0.406 e. The van der Waals surface area contributed by atoms with Crippen molar-refractivity contribution in [2.45, 2.75) is 32.9 Å². The summed E-state index contributed by atoms with van der Waals surface area (Å²) in [5.74, 6) is 0.665. The van der Waals surface area contributed by atoms with Crippen LogP contribution in [0.2, 0.25) is 0 Å². The van der Waals surface area contributed by atoms with Crippen LogP contribution in [0.1, 0.15) is 32.7 Å². The predicted molar refractivity (Wildman–Crippen MR) is 70.7 cm³/mol. The molecule has 6 nitrogen and oxygen atoms in total. The fourth-order valence-corrected chi connectivity index (χ4v) is 2.33. The van der Waals surface area contributed by atoms with E-state index in [0.29, 0.717) is 17.9 Å². The molecule has 6 heteroatoms. The molecule has 0 aromatic carbocycles. The maximum atomic E-state index is 5.77. The third-order valence-electron chi connectivity index (χ3n) is 3.39. The van der Waals surface area contributed by atoms with Gasteiger partial charge in [0.1, 0.15) is 0 Å². The number of rotatable bonds is 4. The van der Waals surface area contributed by atoms with E-state index in [0.717, 1.165) is 26.2 Å². The van der Waals surface area contributed by atoms with E-state index in [9.17, 15) is 0 Å². The molecule has 0 bridgehead atoms. The molecule has 1 fully saturated rings. The number of hydrogen-bond acceptors (Lipinski definition) is 6. The Balaban J connectivity index is 2.05. The molecule has 102 valence electrons. The average molecular weight is 253 g/mol. The van der Waals surface area contributed by atoms with E-state index in [-0.39, 0.29) is 6.04 Å². The van der Waals surface area contributed by atoms with Gasteiger partial charge in [-0.15, -0.1) is 5.10 Å². The molecule has 2 heterocycles. The van der Waals surface area contributed by atoms with Crippen LogP contribution in [0.3, 0.4) is 0 Å². The second-order valence-corrected chi connectivity index (χ2v) is 5.01. The van der Waals surface area contributed by atoms with Crippen LogP contribution >= 0.6 is 0 Å². The van der Waals surface area contributed by atoms with Crippen molar-refractivity contribution in [3.05, 3.63) is 5.89 Å². The lowest BCUT2D eigenvalue weighted by Gasteiger charge is -2.36. The van der Waals surface area contributed by atoms with Gasteiger partial charge in [-0.2, -0.15) is 0 Å². The molecular formula is C12H23N5O. The third-order valence-corrected chi connectivity index (χ3v) is 3.39. The summed E-state index contributed by atoms with van der Waals surface area (Å²) >= 11 is 0. The van der Waals surface area contributed by atoms with Gasteiger partial charge in [0.25, 0.3) is 0 Å². The highest BCUT2D eigenvalue weighted by molar-refractivity contribution is 5.27. The summed E-state index contributed by atoms with van der Waals surface area (Å²) in [7, 11) is 2.14. The van der Waals surface area contributed by atoms with Gasteiger partial charge >= 0.3 is 6.01 Å². The predicted octanol–water partition coefficient (Wildman–Crippen LogP) is 0.880. The Morgan fingerprint density at radius 2 is 2.22 bits per heavy atom. The minimum atomic E-state index is 0.110. The van der Waals surface area contributed by atoms with E-state index in [1.165, 1.54) is 0 Å². The molecule has 1 aromatic heterocycles. The fraction of sp³-hybridized carbons (Fsp3) is 0.833. The van der Waals surface area contributed by atoms with E-state index in [1.54, 1.807) is 0 Å². The highest BCUT2D eigenvalue weighted by atomic mass is 16.4. The molecule has 1 aliphatic heterocycles. The van der Waals surface area contributed by atoms with Crippen molar-refractivity contribution in [2.24, 2.45) is 0 Å². The lowest BCUT2D eigenvalue weighted by molar-refractivity contribution is 0.265. The van der Waals surface area contributed by atoms with Crippen LogP contribution in [0.25, 0.3) is 0 Å². The smallest absolute Gasteiger partial charge is 0.318 e. The van der Waals surface area contributed by atoms with Crippen LogP contribution in [0.15, 0.2) is 4.42 Å². The van der Waals surface area contributed by atoms with Crippen molar-refractivity contribution < 1.29 is 4.42 Å². The molecule has 1 aliphatic rings. The number of nitrogens with zero attached hydrogens (tertiary/aromatic N) is 4. The van der Waals surface area contributed by atoms with Crippen LogP contribution < -0.4 is 10.2 Å². The summed E-state index contributed by atoms with van der Waals surface area (Å²) in [5, 5.41) is 11.6. The number of hydrogen-bond donors (Lipinski definition) is 1. The number of anilines is 1. The van der Waals surface area contributed by atoms with Crippen LogP contribution in [0.4, 0.5) is 6.01 Å². The second-order valence-electron chi connectivity index (χ2n) is 5.01. The standard InChI is InChI=1S/C12H23N5O/c1-5-13-10(3)11-14-15-12(18-11)17-7-6-16(4)8-9(17)2/h9-10,13H,5-8H2,1-4H3. The van der Waals surface area contributed by atoms with Gasteiger partial charge in [0.15, 0.2) is 0 Å². The Morgan fingerprint density at radius 3 is 2.89 bits per heavy atom. The van der Waals surface area contributed by atoms with Gasteiger partial charge in [-0.3, -0.25) is 0 Å². The van der Waals surface area contributed by atoms with Gasteiger partial charge in [-0.1, -0.05) is 12.0 Å². The molecule has 0 spiro atoms. The van der Waals surface area contributed by atoms with Crippen molar-refractivity contribution >= 4 is 6.01 Å². The molecule has 1 saturated heterocycles. The number of likely N-dealkylation sites (N-methyl/N-ethyl adjacent to an activating group) is 1. The number of piperazine rings is 1. The summed E-state index contributed by atoms with van der Waals surface area (Å²) in [5.41, 5.74) is 0. The van der Waals surface area contributed by atoms with Crippen LogP contribution in [0.5, 0.6) is 0 Å². The first-order valence-corrected chi connectivity index (χ1v) is 6.63. The molecule has 2 unspecified atom stereocenters. The molecule has 1 aromatic rings. The van der Waals surface area contributed by atoms with Crippen LogP contribution in [-0.2, 0) is 0 Å². The van der Waals surface area contributed by atoms with E-state index in [1.807, 2.05) is 6.92 Å². The Kier molecular flexibility index (Phi) is 4.19. The fourth-order valence-electron chi connectivity index (χ4n) is 2.33. The van der Waals surface area contributed by atoms with Crippen LogP contribution in [-0.4, -0.2) is 54.4 Å². The van der Waals surface area contributed by atoms with Gasteiger partial charge in [0.2, 0.25) is 5.89 Å². The number of aromatic nitrogens is 2. The average Bonchev–Trinajstić information content (AvgIpc) is 2.78. The Bertz CT molecular complexity index is 380. The molecule has 0 radical (unpaired) electrons. The zero-order chi connectivity index (χ0) is 13.1. The monoisotopic (exact) mass is 253 g/mol. The lowest BCUT2D eigenvalue weighted by atomic mass is 10.2. The zero-order valence-corrected chi connectivity index (χ0v) is 11.7. The van der Waals surface area contributed by atoms with Crippen molar-refractivity contribution in [2.75, 3.05) is 38.1 Å². The van der Waals surface area contributed by atoms with Crippen molar-refractivity contribution in [3.8, 4) is 0 Å². The Hall–Kier alpha value is -1.14. The normalized spacial score (nSPS) is 23.3. The van der Waals surface area contributed by atoms with E-state index >= 15 is 0 Å². The molecule has 0 aliphatic carbocycles. The molecule has 18 heavy (non-hydrogen) atoms. The number of nitrogens with one attached hydrogen (secondary N) is 1. The first-order chi connectivity index (χ1) is 8.61. The Labute approximate surface area is 108 Å². The molecular weight excluding hydrogens is 230 g/mol. The molecule has 1 N–H and O–H groups in total. The zero-order valence-electron chi connectivity index (χ0n) is 11.7. The topological polar surface area (TPSA) is 57.4 Å². The molecule has 2 atom stereocenters. The highest BCUT2D eigenvalue weighted by Crippen LogP contribution is 2.21. The summed E-state index contributed by atoms with van der Waals surface area (Å²) < 4.78 is 5.77. The first-order valence-electron chi connectivity index (χ1n) is 6.63. The lowest BCUT2D eigenvalue weighted by Crippen LogP contribution is -2.50. The maximum absolute atomic E-state index is 5.77.